The van der Waals surface area contributed by atoms with Crippen LogP contribution in [0.15, 0.2) is 54.7 Å². The zero-order valence-electron chi connectivity index (χ0n) is 18.1. The van der Waals surface area contributed by atoms with E-state index in [2.05, 4.69) is 4.98 Å². The Morgan fingerprint density at radius 1 is 1.15 bits per heavy atom. The van der Waals surface area contributed by atoms with Crippen molar-refractivity contribution in [2.45, 2.75) is 45.5 Å². The highest BCUT2D eigenvalue weighted by molar-refractivity contribution is 6.06. The summed E-state index contributed by atoms with van der Waals surface area (Å²) < 4.78 is 45.4. The lowest BCUT2D eigenvalue weighted by molar-refractivity contribution is -0.144. The summed E-state index contributed by atoms with van der Waals surface area (Å²) in [6, 6.07) is 11.2. The number of ether oxygens (including phenoxy) is 1. The second kappa shape index (κ2) is 9.89. The molecule has 0 fully saturated rings. The molecular formula is C24H23F3N2O4. The average Bonchev–Trinajstić information content (AvgIpc) is 3.13. The lowest BCUT2D eigenvalue weighted by Gasteiger charge is -2.12. The molecule has 1 N–H and O–H groups in total. The molecule has 1 heterocycles. The number of carboxylic acid groups (broad SMARTS) is 1. The van der Waals surface area contributed by atoms with Crippen LogP contribution >= 0.6 is 0 Å². The molecule has 0 bridgehead atoms. The molecular weight excluding hydrogens is 437 g/mol. The van der Waals surface area contributed by atoms with Gasteiger partial charge in [0.25, 0.3) is 0 Å². The number of aliphatic carboxylic acids is 1. The van der Waals surface area contributed by atoms with Crippen LogP contribution in [0.1, 0.15) is 46.3 Å². The van der Waals surface area contributed by atoms with Crippen LogP contribution in [0.3, 0.4) is 0 Å². The highest BCUT2D eigenvalue weighted by atomic mass is 19.4. The molecule has 3 rings (SSSR count). The maximum atomic E-state index is 12.8. The molecule has 174 valence electrons. The molecule has 0 amide bonds. The van der Waals surface area contributed by atoms with Gasteiger partial charge in [-0.1, -0.05) is 24.3 Å². The van der Waals surface area contributed by atoms with E-state index in [1.807, 2.05) is 6.07 Å². The topological polar surface area (TPSA) is 81.4 Å². The minimum atomic E-state index is -4.47. The van der Waals surface area contributed by atoms with Gasteiger partial charge in [0.2, 0.25) is 5.78 Å². The monoisotopic (exact) mass is 460 g/mol. The lowest BCUT2D eigenvalue weighted by Crippen LogP contribution is -2.22. The standard InChI is InChI=1S/C24H23F3N2O4/c1-15-14-29(12-4-6-17-5-3-7-20(13-17)33-16(2)23(31)32)22(28-15)21(30)18-8-10-19(11-9-18)24(25,26)27/h3,5,7-11,13-14,16H,4,6,12H2,1-2H3,(H,31,32)/t16-/m0/s1. The summed E-state index contributed by atoms with van der Waals surface area (Å²) in [5.41, 5.74) is 0.885. The summed E-state index contributed by atoms with van der Waals surface area (Å²) in [5, 5.41) is 8.97. The minimum absolute atomic E-state index is 0.132. The zero-order valence-corrected chi connectivity index (χ0v) is 18.1. The number of carbonyl (C=O) groups excluding carboxylic acids is 1. The van der Waals surface area contributed by atoms with E-state index in [-0.39, 0.29) is 11.4 Å². The van der Waals surface area contributed by atoms with Gasteiger partial charge in [-0.05, 0) is 56.5 Å². The number of aromatic nitrogens is 2. The number of alkyl halides is 3. The van der Waals surface area contributed by atoms with Gasteiger partial charge in [-0.25, -0.2) is 9.78 Å². The first-order valence-corrected chi connectivity index (χ1v) is 10.3. The number of rotatable bonds is 9. The van der Waals surface area contributed by atoms with Gasteiger partial charge in [-0.15, -0.1) is 0 Å². The van der Waals surface area contributed by atoms with Crippen LogP contribution < -0.4 is 4.74 Å². The van der Waals surface area contributed by atoms with Gasteiger partial charge in [0.05, 0.1) is 11.3 Å². The highest BCUT2D eigenvalue weighted by Gasteiger charge is 2.30. The number of carbonyl (C=O) groups is 2. The van der Waals surface area contributed by atoms with Crippen LogP contribution in [0, 0.1) is 6.92 Å². The molecule has 9 heteroatoms. The van der Waals surface area contributed by atoms with E-state index in [9.17, 15) is 22.8 Å². The first-order chi connectivity index (χ1) is 15.5. The SMILES string of the molecule is Cc1cn(CCCc2cccc(O[C@@H](C)C(=O)O)c2)c(C(=O)c2ccc(C(F)(F)F)cc2)n1. The fourth-order valence-corrected chi connectivity index (χ4v) is 3.32. The molecule has 1 atom stereocenters. The summed E-state index contributed by atoms with van der Waals surface area (Å²) >= 11 is 0. The quantitative estimate of drug-likeness (QED) is 0.458. The van der Waals surface area contributed by atoms with Gasteiger partial charge < -0.3 is 14.4 Å². The van der Waals surface area contributed by atoms with Gasteiger partial charge in [-0.2, -0.15) is 13.2 Å². The van der Waals surface area contributed by atoms with Crippen molar-refractivity contribution in [3.63, 3.8) is 0 Å². The number of halogens is 3. The third-order valence-corrected chi connectivity index (χ3v) is 5.00. The van der Waals surface area contributed by atoms with E-state index in [1.165, 1.54) is 6.92 Å². The van der Waals surface area contributed by atoms with Crippen LogP contribution in [-0.2, 0) is 23.9 Å². The summed E-state index contributed by atoms with van der Waals surface area (Å²) in [6.45, 7) is 3.66. The fraction of sp³-hybridized carbons (Fsp3) is 0.292. The molecule has 33 heavy (non-hydrogen) atoms. The van der Waals surface area contributed by atoms with E-state index < -0.39 is 29.6 Å². The molecule has 0 radical (unpaired) electrons. The molecule has 0 spiro atoms. The van der Waals surface area contributed by atoms with E-state index in [1.54, 1.807) is 35.9 Å². The van der Waals surface area contributed by atoms with Crippen LogP contribution in [0.2, 0.25) is 0 Å². The van der Waals surface area contributed by atoms with Crippen molar-refractivity contribution in [1.82, 2.24) is 9.55 Å². The second-order valence-electron chi connectivity index (χ2n) is 7.65. The van der Waals surface area contributed by atoms with Crippen molar-refractivity contribution in [2.24, 2.45) is 0 Å². The van der Waals surface area contributed by atoms with Crippen LogP contribution in [0.5, 0.6) is 5.75 Å². The molecule has 1 aromatic heterocycles. The van der Waals surface area contributed by atoms with E-state index in [0.717, 1.165) is 29.8 Å². The molecule has 6 nitrogen and oxygen atoms in total. The fourth-order valence-electron chi connectivity index (χ4n) is 3.32. The summed E-state index contributed by atoms with van der Waals surface area (Å²) in [6.07, 6.45) is -2.41. The third-order valence-electron chi connectivity index (χ3n) is 5.00. The highest BCUT2D eigenvalue weighted by Crippen LogP contribution is 2.29. The van der Waals surface area contributed by atoms with Crippen molar-refractivity contribution < 1.29 is 32.6 Å². The van der Waals surface area contributed by atoms with Gasteiger partial charge >= 0.3 is 12.1 Å². The first kappa shape index (κ1) is 24.0. The summed E-state index contributed by atoms with van der Waals surface area (Å²) in [4.78, 5) is 28.1. The Morgan fingerprint density at radius 3 is 2.48 bits per heavy atom. The minimum Gasteiger partial charge on any atom is -0.479 e. The van der Waals surface area contributed by atoms with Crippen LogP contribution in [0.25, 0.3) is 0 Å². The van der Waals surface area contributed by atoms with Crippen molar-refractivity contribution in [3.05, 3.63) is 82.9 Å². The normalized spacial score (nSPS) is 12.4. The van der Waals surface area contributed by atoms with Crippen molar-refractivity contribution in [3.8, 4) is 5.75 Å². The molecule has 0 aliphatic rings. The molecule has 0 unspecified atom stereocenters. The predicted molar refractivity (Wildman–Crippen MR) is 114 cm³/mol. The number of ketones is 1. The second-order valence-corrected chi connectivity index (χ2v) is 7.65. The number of aryl methyl sites for hydroxylation is 3. The van der Waals surface area contributed by atoms with Crippen LogP contribution in [0.4, 0.5) is 13.2 Å². The zero-order chi connectivity index (χ0) is 24.2. The Balaban J connectivity index is 1.67. The molecule has 3 aromatic rings. The number of hydrogen-bond acceptors (Lipinski definition) is 4. The average molecular weight is 460 g/mol. The largest absolute Gasteiger partial charge is 0.479 e. The molecule has 0 saturated heterocycles. The third kappa shape index (κ3) is 6.21. The van der Waals surface area contributed by atoms with Crippen LogP contribution in [-0.4, -0.2) is 32.5 Å². The maximum Gasteiger partial charge on any atom is 0.416 e. The Hall–Kier alpha value is -3.62. The van der Waals surface area contributed by atoms with Gasteiger partial charge in [0.1, 0.15) is 5.75 Å². The number of imidazole rings is 1. The Labute approximate surface area is 188 Å². The summed E-state index contributed by atoms with van der Waals surface area (Å²) in [7, 11) is 0. The van der Waals surface area contributed by atoms with E-state index in [4.69, 9.17) is 9.84 Å². The van der Waals surface area contributed by atoms with Crippen molar-refractivity contribution in [1.29, 1.82) is 0 Å². The smallest absolute Gasteiger partial charge is 0.416 e. The predicted octanol–water partition coefficient (Wildman–Crippen LogP) is 4.93. The maximum absolute atomic E-state index is 12.8. The Bertz CT molecular complexity index is 1140. The molecule has 2 aromatic carbocycles. The number of benzene rings is 2. The Kier molecular flexibility index (Phi) is 7.20. The molecule has 0 aliphatic heterocycles. The van der Waals surface area contributed by atoms with Crippen molar-refractivity contribution in [2.75, 3.05) is 0 Å². The lowest BCUT2D eigenvalue weighted by atomic mass is 10.1. The number of carboxylic acids is 1. The van der Waals surface area contributed by atoms with Crippen molar-refractivity contribution >= 4 is 11.8 Å². The molecule has 0 saturated carbocycles. The van der Waals surface area contributed by atoms with E-state index in [0.29, 0.717) is 30.8 Å². The Morgan fingerprint density at radius 2 is 1.85 bits per heavy atom. The van der Waals surface area contributed by atoms with Gasteiger partial charge in [-0.3, -0.25) is 4.79 Å². The van der Waals surface area contributed by atoms with Gasteiger partial charge in [0.15, 0.2) is 11.9 Å². The van der Waals surface area contributed by atoms with E-state index >= 15 is 0 Å². The van der Waals surface area contributed by atoms with Gasteiger partial charge in [0, 0.05) is 18.3 Å². The molecule has 0 aliphatic carbocycles. The summed E-state index contributed by atoms with van der Waals surface area (Å²) in [5.74, 6) is -0.880. The number of hydrogen-bond donors (Lipinski definition) is 1. The first-order valence-electron chi connectivity index (χ1n) is 10.3. The number of nitrogens with zero attached hydrogens (tertiary/aromatic N) is 2.